The first kappa shape index (κ1) is 15.5. The highest BCUT2D eigenvalue weighted by molar-refractivity contribution is 5.77. The first-order valence-electron chi connectivity index (χ1n) is 7.41. The molecule has 1 fully saturated rings. The van der Waals surface area contributed by atoms with Crippen LogP contribution >= 0.6 is 0 Å². The normalized spacial score (nSPS) is 15.1. The molecule has 7 heteroatoms. The van der Waals surface area contributed by atoms with Crippen molar-refractivity contribution in [2.45, 2.75) is 39.7 Å². The molecule has 0 spiro atoms. The molecular weight excluding hydrogens is 270 g/mol. The zero-order chi connectivity index (χ0) is 15.2. The van der Waals surface area contributed by atoms with Crippen molar-refractivity contribution in [2.24, 2.45) is 5.92 Å². The van der Waals surface area contributed by atoms with E-state index < -0.39 is 0 Å². The molecule has 7 nitrogen and oxygen atoms in total. The van der Waals surface area contributed by atoms with Crippen LogP contribution in [0.5, 0.6) is 6.01 Å². The monoisotopic (exact) mass is 293 g/mol. The summed E-state index contributed by atoms with van der Waals surface area (Å²) >= 11 is 0. The number of amides is 1. The van der Waals surface area contributed by atoms with Crippen molar-refractivity contribution in [3.05, 3.63) is 5.82 Å². The molecule has 0 atom stereocenters. The summed E-state index contributed by atoms with van der Waals surface area (Å²) in [6.07, 6.45) is 3.54. The third kappa shape index (κ3) is 4.27. The number of aromatic nitrogens is 3. The van der Waals surface area contributed by atoms with Crippen LogP contribution in [0.25, 0.3) is 0 Å². The van der Waals surface area contributed by atoms with E-state index in [9.17, 15) is 4.79 Å². The number of carbonyl (C=O) groups excluding carboxylic acids is 1. The molecule has 0 aromatic carbocycles. The van der Waals surface area contributed by atoms with Crippen LogP contribution in [0.2, 0.25) is 0 Å². The Balaban J connectivity index is 2.11. The maximum Gasteiger partial charge on any atom is 0.321 e. The SMILES string of the molecule is COc1nc(CNC(=O)C(C)C)nc(N2CCCCC2)n1. The standard InChI is InChI=1S/C14H23N5O2/c1-10(2)12(20)15-9-11-16-13(18-14(17-11)21-3)19-7-5-4-6-8-19/h10H,4-9H2,1-3H3,(H,15,20). The number of piperidine rings is 1. The summed E-state index contributed by atoms with van der Waals surface area (Å²) in [7, 11) is 1.53. The molecule has 1 aliphatic heterocycles. The van der Waals surface area contributed by atoms with E-state index in [4.69, 9.17) is 4.74 Å². The molecular formula is C14H23N5O2. The van der Waals surface area contributed by atoms with Crippen molar-refractivity contribution >= 4 is 11.9 Å². The van der Waals surface area contributed by atoms with E-state index in [1.165, 1.54) is 13.5 Å². The lowest BCUT2D eigenvalue weighted by Gasteiger charge is -2.26. The lowest BCUT2D eigenvalue weighted by Crippen LogP contribution is -2.32. The lowest BCUT2D eigenvalue weighted by atomic mass is 10.1. The Morgan fingerprint density at radius 3 is 2.57 bits per heavy atom. The zero-order valence-electron chi connectivity index (χ0n) is 12.9. The minimum atomic E-state index is -0.0599. The number of hydrogen-bond acceptors (Lipinski definition) is 6. The van der Waals surface area contributed by atoms with E-state index in [1.807, 2.05) is 13.8 Å². The first-order chi connectivity index (χ1) is 10.1. The van der Waals surface area contributed by atoms with Gasteiger partial charge in [-0.1, -0.05) is 13.8 Å². The van der Waals surface area contributed by atoms with E-state index in [0.717, 1.165) is 25.9 Å². The minimum Gasteiger partial charge on any atom is -0.467 e. The third-order valence-corrected chi connectivity index (χ3v) is 3.42. The van der Waals surface area contributed by atoms with Gasteiger partial charge in [0.25, 0.3) is 0 Å². The van der Waals surface area contributed by atoms with Gasteiger partial charge in [0.05, 0.1) is 13.7 Å². The van der Waals surface area contributed by atoms with Gasteiger partial charge in [0.1, 0.15) is 0 Å². The Kier molecular flexibility index (Phi) is 5.30. The molecule has 0 bridgehead atoms. The van der Waals surface area contributed by atoms with Crippen molar-refractivity contribution in [3.8, 4) is 6.01 Å². The van der Waals surface area contributed by atoms with Gasteiger partial charge in [-0.05, 0) is 19.3 Å². The molecule has 1 aliphatic rings. The first-order valence-corrected chi connectivity index (χ1v) is 7.41. The van der Waals surface area contributed by atoms with Crippen molar-refractivity contribution in [1.29, 1.82) is 0 Å². The summed E-state index contributed by atoms with van der Waals surface area (Å²) in [4.78, 5) is 26.7. The Bertz CT molecular complexity index is 486. The van der Waals surface area contributed by atoms with E-state index in [-0.39, 0.29) is 18.4 Å². The highest BCUT2D eigenvalue weighted by atomic mass is 16.5. The number of carbonyl (C=O) groups is 1. The number of rotatable bonds is 5. The number of anilines is 1. The molecule has 2 heterocycles. The summed E-state index contributed by atoms with van der Waals surface area (Å²) in [6, 6.07) is 0.291. The van der Waals surface area contributed by atoms with Crippen LogP contribution in [0, 0.1) is 5.92 Å². The molecule has 1 amide bonds. The summed E-state index contributed by atoms with van der Waals surface area (Å²) in [6.45, 7) is 5.89. The maximum absolute atomic E-state index is 11.6. The van der Waals surface area contributed by atoms with Gasteiger partial charge in [-0.2, -0.15) is 15.0 Å². The summed E-state index contributed by atoms with van der Waals surface area (Å²) in [5.74, 6) is 1.08. The van der Waals surface area contributed by atoms with Crippen LogP contribution in [0.15, 0.2) is 0 Å². The van der Waals surface area contributed by atoms with Crippen molar-refractivity contribution in [2.75, 3.05) is 25.1 Å². The van der Waals surface area contributed by atoms with E-state index >= 15 is 0 Å². The van der Waals surface area contributed by atoms with Crippen LogP contribution in [0.3, 0.4) is 0 Å². The number of methoxy groups -OCH3 is 1. The second kappa shape index (κ2) is 7.19. The molecule has 0 saturated carbocycles. The third-order valence-electron chi connectivity index (χ3n) is 3.42. The van der Waals surface area contributed by atoms with Gasteiger partial charge in [-0.3, -0.25) is 4.79 Å². The molecule has 116 valence electrons. The Labute approximate surface area is 125 Å². The minimum absolute atomic E-state index is 0.0195. The van der Waals surface area contributed by atoms with Crippen molar-refractivity contribution in [3.63, 3.8) is 0 Å². The molecule has 1 aromatic rings. The Morgan fingerprint density at radius 1 is 1.24 bits per heavy atom. The fraction of sp³-hybridized carbons (Fsp3) is 0.714. The van der Waals surface area contributed by atoms with Crippen LogP contribution in [-0.4, -0.2) is 41.1 Å². The number of nitrogens with one attached hydrogen (secondary N) is 1. The fourth-order valence-electron chi connectivity index (χ4n) is 2.16. The second-order valence-electron chi connectivity index (χ2n) is 5.46. The predicted octanol–water partition coefficient (Wildman–Crippen LogP) is 1.14. The summed E-state index contributed by atoms with van der Waals surface area (Å²) < 4.78 is 5.14. The summed E-state index contributed by atoms with van der Waals surface area (Å²) in [5, 5.41) is 2.81. The number of hydrogen-bond donors (Lipinski definition) is 1. The average Bonchev–Trinajstić information content (AvgIpc) is 2.52. The molecule has 1 saturated heterocycles. The van der Waals surface area contributed by atoms with Crippen molar-refractivity contribution in [1.82, 2.24) is 20.3 Å². The van der Waals surface area contributed by atoms with Crippen LogP contribution in [0.4, 0.5) is 5.95 Å². The Morgan fingerprint density at radius 2 is 1.95 bits per heavy atom. The van der Waals surface area contributed by atoms with Gasteiger partial charge in [-0.25, -0.2) is 0 Å². The largest absolute Gasteiger partial charge is 0.467 e. The number of ether oxygens (including phenoxy) is 1. The fourth-order valence-corrected chi connectivity index (χ4v) is 2.16. The van der Waals surface area contributed by atoms with Crippen LogP contribution < -0.4 is 15.0 Å². The van der Waals surface area contributed by atoms with Gasteiger partial charge in [0.2, 0.25) is 11.9 Å². The maximum atomic E-state index is 11.6. The van der Waals surface area contributed by atoms with Crippen LogP contribution in [0.1, 0.15) is 38.9 Å². The van der Waals surface area contributed by atoms with Crippen LogP contribution in [-0.2, 0) is 11.3 Å². The van der Waals surface area contributed by atoms with Gasteiger partial charge in [0, 0.05) is 19.0 Å². The highest BCUT2D eigenvalue weighted by Crippen LogP contribution is 2.17. The molecule has 0 aliphatic carbocycles. The highest BCUT2D eigenvalue weighted by Gasteiger charge is 2.17. The van der Waals surface area contributed by atoms with Gasteiger partial charge in [-0.15, -0.1) is 0 Å². The molecule has 0 unspecified atom stereocenters. The quantitative estimate of drug-likeness (QED) is 0.877. The van der Waals surface area contributed by atoms with Gasteiger partial charge >= 0.3 is 6.01 Å². The predicted molar refractivity (Wildman–Crippen MR) is 79.1 cm³/mol. The lowest BCUT2D eigenvalue weighted by molar-refractivity contribution is -0.124. The smallest absolute Gasteiger partial charge is 0.321 e. The molecule has 1 aromatic heterocycles. The molecule has 0 radical (unpaired) electrons. The van der Waals surface area contributed by atoms with Crippen molar-refractivity contribution < 1.29 is 9.53 Å². The molecule has 1 N–H and O–H groups in total. The zero-order valence-corrected chi connectivity index (χ0v) is 12.9. The summed E-state index contributed by atoms with van der Waals surface area (Å²) in [5.41, 5.74) is 0. The average molecular weight is 293 g/mol. The van der Waals surface area contributed by atoms with E-state index in [0.29, 0.717) is 17.8 Å². The van der Waals surface area contributed by atoms with Gasteiger partial charge < -0.3 is 15.0 Å². The van der Waals surface area contributed by atoms with E-state index in [1.54, 1.807) is 0 Å². The van der Waals surface area contributed by atoms with E-state index in [2.05, 4.69) is 25.2 Å². The second-order valence-corrected chi connectivity index (χ2v) is 5.46. The topological polar surface area (TPSA) is 80.2 Å². The Hall–Kier alpha value is -1.92. The van der Waals surface area contributed by atoms with Gasteiger partial charge in [0.15, 0.2) is 5.82 Å². The molecule has 2 rings (SSSR count). The molecule has 21 heavy (non-hydrogen) atoms. The number of nitrogens with zero attached hydrogens (tertiary/aromatic N) is 4.